The van der Waals surface area contributed by atoms with Crippen molar-refractivity contribution in [1.29, 1.82) is 5.41 Å². The van der Waals surface area contributed by atoms with Gasteiger partial charge in [0.25, 0.3) is 5.91 Å². The van der Waals surface area contributed by atoms with E-state index in [-0.39, 0.29) is 36.0 Å². The van der Waals surface area contributed by atoms with Crippen molar-refractivity contribution in [2.45, 2.75) is 57.2 Å². The van der Waals surface area contributed by atoms with Crippen LogP contribution in [0.3, 0.4) is 0 Å². The molecule has 0 saturated carbocycles. The molecule has 10 nitrogen and oxygen atoms in total. The van der Waals surface area contributed by atoms with Gasteiger partial charge in [0.2, 0.25) is 5.91 Å². The molecule has 43 heavy (non-hydrogen) atoms. The maximum absolute atomic E-state index is 13.7. The number of hydrogen-bond acceptors (Lipinski definition) is 7. The van der Waals surface area contributed by atoms with Crippen LogP contribution in [0.15, 0.2) is 72.8 Å². The Balaban J connectivity index is 1.52. The summed E-state index contributed by atoms with van der Waals surface area (Å²) >= 11 is 0. The molecule has 0 aliphatic carbocycles. The number of nitrogens with zero attached hydrogens (tertiary/aromatic N) is 1. The maximum atomic E-state index is 13.7. The normalized spacial score (nSPS) is 18.6. The molecule has 5 rings (SSSR count). The van der Waals surface area contributed by atoms with Crippen LogP contribution >= 0.6 is 0 Å². The molecule has 3 aromatic carbocycles. The van der Waals surface area contributed by atoms with Crippen LogP contribution in [-0.4, -0.2) is 43.2 Å². The number of guanidine groups is 1. The van der Waals surface area contributed by atoms with E-state index in [9.17, 15) is 21.9 Å². The van der Waals surface area contributed by atoms with Gasteiger partial charge < -0.3 is 19.6 Å². The van der Waals surface area contributed by atoms with Crippen molar-refractivity contribution >= 4 is 28.3 Å². The Hall–Kier alpha value is -4.45. The Morgan fingerprint density at radius 2 is 1.81 bits per heavy atom. The van der Waals surface area contributed by atoms with Crippen LogP contribution in [0.4, 0.5) is 3.89 Å². The maximum Gasteiger partial charge on any atom is 0.488 e. The molecule has 12 heteroatoms. The van der Waals surface area contributed by atoms with Gasteiger partial charge in [0, 0.05) is 23.1 Å². The van der Waals surface area contributed by atoms with Crippen molar-refractivity contribution in [3.05, 3.63) is 95.1 Å². The minimum Gasteiger partial charge on any atom is -0.493 e. The highest BCUT2D eigenvalue weighted by Gasteiger charge is 2.42. The second-order valence-corrected chi connectivity index (χ2v) is 11.6. The number of para-hydroxylation sites is 1. The van der Waals surface area contributed by atoms with Gasteiger partial charge in [-0.15, -0.1) is 0 Å². The van der Waals surface area contributed by atoms with Crippen molar-refractivity contribution in [3.63, 3.8) is 0 Å². The molecule has 226 valence electrons. The lowest BCUT2D eigenvalue weighted by atomic mass is 9.85. The van der Waals surface area contributed by atoms with E-state index in [1.807, 2.05) is 38.1 Å². The van der Waals surface area contributed by atoms with Gasteiger partial charge in [0.15, 0.2) is 5.96 Å². The van der Waals surface area contributed by atoms with Crippen LogP contribution in [0.1, 0.15) is 78.7 Å². The lowest BCUT2D eigenvalue weighted by Crippen LogP contribution is -2.62. The number of benzene rings is 3. The second kappa shape index (κ2) is 12.0. The molecule has 3 N–H and O–H groups in total. The van der Waals surface area contributed by atoms with Crippen LogP contribution in [0.5, 0.6) is 11.5 Å². The molecule has 2 atom stereocenters. The van der Waals surface area contributed by atoms with Gasteiger partial charge in [-0.25, -0.2) is 0 Å². The largest absolute Gasteiger partial charge is 0.493 e. The third-order valence-electron chi connectivity index (χ3n) is 8.09. The summed E-state index contributed by atoms with van der Waals surface area (Å²) in [5.41, 5.74) is 1.47. The average Bonchev–Trinajstić information content (AvgIpc) is 2.98. The molecule has 2 aliphatic heterocycles. The predicted octanol–water partition coefficient (Wildman–Crippen LogP) is 4.94. The van der Waals surface area contributed by atoms with Gasteiger partial charge in [-0.3, -0.25) is 19.9 Å². The number of rotatable bonds is 9. The smallest absolute Gasteiger partial charge is 0.488 e. The molecule has 0 unspecified atom stereocenters. The second-order valence-electron chi connectivity index (χ2n) is 10.7. The minimum atomic E-state index is -5.30. The highest BCUT2D eigenvalue weighted by molar-refractivity contribution is 7.81. The number of nitrogens with one attached hydrogen (secondary N) is 3. The van der Waals surface area contributed by atoms with E-state index in [2.05, 4.69) is 14.8 Å². The monoisotopic (exact) mass is 608 g/mol. The molecule has 1 saturated heterocycles. The first kappa shape index (κ1) is 30.0. The van der Waals surface area contributed by atoms with Gasteiger partial charge in [-0.05, 0) is 54.3 Å². The number of hydrogen-bond donors (Lipinski definition) is 3. The van der Waals surface area contributed by atoms with Gasteiger partial charge in [0.05, 0.1) is 25.1 Å². The predicted molar refractivity (Wildman–Crippen MR) is 158 cm³/mol. The first-order chi connectivity index (χ1) is 20.5. The number of halogens is 1. The molecule has 0 spiro atoms. The molecule has 2 heterocycles. The van der Waals surface area contributed by atoms with Crippen LogP contribution in [0.2, 0.25) is 0 Å². The first-order valence-electron chi connectivity index (χ1n) is 14.1. The summed E-state index contributed by atoms with van der Waals surface area (Å²) in [5.74, 6) is -0.372. The quantitative estimate of drug-likeness (QED) is 0.293. The van der Waals surface area contributed by atoms with Crippen LogP contribution in [0, 0.1) is 5.41 Å². The Bertz CT molecular complexity index is 1640. The van der Waals surface area contributed by atoms with E-state index in [1.54, 1.807) is 30.3 Å². The van der Waals surface area contributed by atoms with Crippen LogP contribution < -0.4 is 19.6 Å². The molecule has 2 aliphatic rings. The van der Waals surface area contributed by atoms with Gasteiger partial charge in [-0.1, -0.05) is 60.2 Å². The zero-order chi connectivity index (χ0) is 30.8. The number of carbonyl (C=O) groups excluding carboxylic acids is 2. The number of amides is 2. The molecule has 3 aromatic rings. The summed E-state index contributed by atoms with van der Waals surface area (Å²) in [6.07, 6.45) is 1.96. The summed E-state index contributed by atoms with van der Waals surface area (Å²) in [4.78, 5) is 28.5. The van der Waals surface area contributed by atoms with Crippen molar-refractivity contribution in [3.8, 4) is 11.5 Å². The summed E-state index contributed by atoms with van der Waals surface area (Å²) in [5, 5.41) is 15.1. The van der Waals surface area contributed by atoms with Gasteiger partial charge >= 0.3 is 10.5 Å². The van der Waals surface area contributed by atoms with E-state index in [0.29, 0.717) is 42.6 Å². The number of fused-ring (bicyclic) bond motifs is 1. The molecular weight excluding hydrogens is 575 g/mol. The van der Waals surface area contributed by atoms with E-state index >= 15 is 0 Å². The summed E-state index contributed by atoms with van der Waals surface area (Å²) < 4.78 is 46.0. The highest BCUT2D eigenvalue weighted by Crippen LogP contribution is 2.37. The minimum absolute atomic E-state index is 0.122. The molecule has 0 aromatic heterocycles. The Labute approximate surface area is 250 Å². The molecular formula is C31H33FN4O6S. The van der Waals surface area contributed by atoms with Crippen molar-refractivity contribution < 1.29 is 30.8 Å². The van der Waals surface area contributed by atoms with E-state index in [4.69, 9.17) is 10.1 Å². The number of ether oxygens (including phenoxy) is 1. The fourth-order valence-electron chi connectivity index (χ4n) is 5.73. The standard InChI is InChI=1S/C31H33FN4O6S/c1-3-31(4-2)19-27(37)36(30(33)35-31)28(21-10-8-12-23(18-21)42-43(32,39)40)20-9-7-11-22(17-20)29(38)34-25-15-16-41-26-14-6-5-13-24(25)26/h5-14,17-18,25,28H,3-4,15-16,19H2,1-2H3,(H2,33,35)(H,34,38)/t25-,28-/m0/s1. The van der Waals surface area contributed by atoms with E-state index in [1.165, 1.54) is 23.1 Å². The molecule has 2 amide bonds. The topological polar surface area (TPSA) is 138 Å². The highest BCUT2D eigenvalue weighted by atomic mass is 32.3. The Kier molecular flexibility index (Phi) is 8.41. The SMILES string of the molecule is CCC1(CC)CC(=O)N([C@H](c2cccc(OS(=O)(=O)F)c2)c2cccc(C(=O)N[C@H]3CCOc4ccccc43)c2)C(=N)N1. The van der Waals surface area contributed by atoms with E-state index < -0.39 is 22.1 Å². The van der Waals surface area contributed by atoms with Crippen molar-refractivity contribution in [2.24, 2.45) is 0 Å². The Morgan fingerprint density at radius 1 is 1.12 bits per heavy atom. The fourth-order valence-corrected chi connectivity index (χ4v) is 6.06. The van der Waals surface area contributed by atoms with Gasteiger partial charge in [0.1, 0.15) is 11.5 Å². The first-order valence-corrected chi connectivity index (χ1v) is 15.4. The third kappa shape index (κ3) is 6.48. The van der Waals surface area contributed by atoms with Crippen molar-refractivity contribution in [1.82, 2.24) is 15.5 Å². The Morgan fingerprint density at radius 3 is 2.51 bits per heavy atom. The average molecular weight is 609 g/mol. The molecule has 1 fully saturated rings. The van der Waals surface area contributed by atoms with Crippen molar-refractivity contribution in [2.75, 3.05) is 6.61 Å². The lowest BCUT2D eigenvalue weighted by Gasteiger charge is -2.45. The van der Waals surface area contributed by atoms with Crippen LogP contribution in [-0.2, 0) is 15.3 Å². The number of carbonyl (C=O) groups is 2. The summed E-state index contributed by atoms with van der Waals surface area (Å²) in [6, 6.07) is 18.6. The zero-order valence-corrected chi connectivity index (χ0v) is 24.6. The zero-order valence-electron chi connectivity index (χ0n) is 23.8. The molecule has 0 bridgehead atoms. The van der Waals surface area contributed by atoms with Crippen LogP contribution in [0.25, 0.3) is 0 Å². The third-order valence-corrected chi connectivity index (χ3v) is 8.48. The van der Waals surface area contributed by atoms with Gasteiger partial charge in [-0.2, -0.15) is 8.42 Å². The fraction of sp³-hybridized carbons (Fsp3) is 0.323. The van der Waals surface area contributed by atoms with E-state index in [0.717, 1.165) is 11.3 Å². The molecule has 0 radical (unpaired) electrons. The lowest BCUT2D eigenvalue weighted by molar-refractivity contribution is -0.132. The summed E-state index contributed by atoms with van der Waals surface area (Å²) in [6.45, 7) is 4.35. The summed E-state index contributed by atoms with van der Waals surface area (Å²) in [7, 11) is -5.30.